The number of para-hydroxylation sites is 1. The average molecular weight is 381 g/mol. The summed E-state index contributed by atoms with van der Waals surface area (Å²) >= 11 is 0. The summed E-state index contributed by atoms with van der Waals surface area (Å²) in [5.41, 5.74) is 4.23. The smallest absolute Gasteiger partial charge is 0.156 e. The molecule has 1 atom stereocenters. The maximum absolute atomic E-state index is 13.5. The van der Waals surface area contributed by atoms with Crippen molar-refractivity contribution in [2.24, 2.45) is 0 Å². The summed E-state index contributed by atoms with van der Waals surface area (Å²) in [5.74, 6) is -0.262. The number of anilines is 1. The molecule has 1 heterocycles. The van der Waals surface area contributed by atoms with Gasteiger partial charge in [-0.25, -0.2) is 4.39 Å². The Bertz CT molecular complexity index is 1070. The number of halogens is 1. The van der Waals surface area contributed by atoms with E-state index in [4.69, 9.17) is 4.74 Å². The molecule has 0 aliphatic carbocycles. The van der Waals surface area contributed by atoms with Gasteiger partial charge in [-0.3, -0.25) is 0 Å². The lowest BCUT2D eigenvalue weighted by Gasteiger charge is -2.44. The quantitative estimate of drug-likeness (QED) is 0.452. The van der Waals surface area contributed by atoms with Gasteiger partial charge in [0.05, 0.1) is 0 Å². The van der Waals surface area contributed by atoms with E-state index in [1.165, 1.54) is 12.1 Å². The highest BCUT2D eigenvalue weighted by molar-refractivity contribution is 5.63. The second kappa shape index (κ2) is 7.19. The van der Waals surface area contributed by atoms with Crippen molar-refractivity contribution in [3.63, 3.8) is 0 Å². The Balaban J connectivity index is 1.77. The first-order valence-corrected chi connectivity index (χ1v) is 9.68. The summed E-state index contributed by atoms with van der Waals surface area (Å²) in [6.07, 6.45) is -0.425. The summed E-state index contributed by atoms with van der Waals surface area (Å²) < 4.78 is 20.4. The van der Waals surface area contributed by atoms with Gasteiger partial charge in [0.2, 0.25) is 0 Å². The van der Waals surface area contributed by atoms with E-state index in [1.807, 2.05) is 48.5 Å². The third kappa shape index (κ3) is 3.00. The minimum Gasteiger partial charge on any atom is -0.356 e. The van der Waals surface area contributed by atoms with E-state index in [9.17, 15) is 4.39 Å². The number of rotatable bonds is 3. The molecule has 0 fully saturated rings. The Morgan fingerprint density at radius 3 is 1.83 bits per heavy atom. The highest BCUT2D eigenvalue weighted by Crippen LogP contribution is 2.49. The summed E-state index contributed by atoms with van der Waals surface area (Å²) in [7, 11) is 0. The predicted octanol–water partition coefficient (Wildman–Crippen LogP) is 6.26. The van der Waals surface area contributed by atoms with E-state index in [0.29, 0.717) is 0 Å². The molecule has 0 aromatic heterocycles. The molecule has 142 valence electrons. The molecule has 3 heteroatoms. The fraction of sp³-hybridized carbons (Fsp3) is 0.0769. The SMILES string of the molecule is Fc1ccc([C@H]2Nc3ccccc3C(c3ccccc3)(c3ccccc3)O2)cc1. The molecule has 1 aliphatic heterocycles. The van der Waals surface area contributed by atoms with Crippen LogP contribution in [0.3, 0.4) is 0 Å². The van der Waals surface area contributed by atoms with Gasteiger partial charge in [-0.15, -0.1) is 0 Å². The molecule has 0 saturated heterocycles. The molecule has 1 N–H and O–H groups in total. The lowest BCUT2D eigenvalue weighted by molar-refractivity contribution is -0.0432. The molecule has 0 amide bonds. The van der Waals surface area contributed by atoms with Gasteiger partial charge >= 0.3 is 0 Å². The van der Waals surface area contributed by atoms with Crippen LogP contribution in [0.15, 0.2) is 109 Å². The zero-order chi connectivity index (χ0) is 19.7. The standard InChI is InChI=1S/C26H20FNO/c27-22-17-15-19(16-18-22)25-28-24-14-8-7-13-23(24)26(29-25,20-9-3-1-4-10-20)21-11-5-2-6-12-21/h1-18,25,28H/t25-/m0/s1. The first-order chi connectivity index (χ1) is 14.3. The van der Waals surface area contributed by atoms with Crippen molar-refractivity contribution in [1.29, 1.82) is 0 Å². The highest BCUT2D eigenvalue weighted by Gasteiger charge is 2.44. The maximum Gasteiger partial charge on any atom is 0.156 e. The number of fused-ring (bicyclic) bond motifs is 1. The first kappa shape index (κ1) is 17.7. The van der Waals surface area contributed by atoms with Crippen molar-refractivity contribution in [2.45, 2.75) is 11.8 Å². The van der Waals surface area contributed by atoms with Gasteiger partial charge in [-0.1, -0.05) is 91.0 Å². The van der Waals surface area contributed by atoms with Crippen LogP contribution in [-0.2, 0) is 10.3 Å². The zero-order valence-corrected chi connectivity index (χ0v) is 15.8. The Kier molecular flexibility index (Phi) is 4.38. The van der Waals surface area contributed by atoms with Crippen LogP contribution in [0.2, 0.25) is 0 Å². The summed E-state index contributed by atoms with van der Waals surface area (Å²) in [6.45, 7) is 0. The van der Waals surface area contributed by atoms with Crippen molar-refractivity contribution in [2.75, 3.05) is 5.32 Å². The van der Waals surface area contributed by atoms with Crippen LogP contribution < -0.4 is 5.32 Å². The molecular weight excluding hydrogens is 361 g/mol. The molecule has 4 aromatic carbocycles. The highest BCUT2D eigenvalue weighted by atomic mass is 19.1. The molecular formula is C26H20FNO. The van der Waals surface area contributed by atoms with Crippen LogP contribution in [0.1, 0.15) is 28.5 Å². The summed E-state index contributed by atoms with van der Waals surface area (Å²) in [4.78, 5) is 0. The van der Waals surface area contributed by atoms with Crippen LogP contribution in [0, 0.1) is 5.82 Å². The van der Waals surface area contributed by atoms with Crippen LogP contribution in [0.5, 0.6) is 0 Å². The molecule has 0 saturated carbocycles. The molecule has 0 spiro atoms. The fourth-order valence-corrected chi connectivity index (χ4v) is 4.08. The number of hydrogen-bond acceptors (Lipinski definition) is 2. The molecule has 2 nitrogen and oxygen atoms in total. The van der Waals surface area contributed by atoms with Crippen molar-refractivity contribution >= 4 is 5.69 Å². The van der Waals surface area contributed by atoms with Gasteiger partial charge in [0.15, 0.2) is 6.23 Å². The van der Waals surface area contributed by atoms with E-state index in [0.717, 1.165) is 27.9 Å². The molecule has 29 heavy (non-hydrogen) atoms. The Morgan fingerprint density at radius 2 is 1.21 bits per heavy atom. The minimum absolute atomic E-state index is 0.262. The minimum atomic E-state index is -0.788. The number of benzene rings is 4. The van der Waals surface area contributed by atoms with Crippen molar-refractivity contribution in [3.8, 4) is 0 Å². The van der Waals surface area contributed by atoms with Gasteiger partial charge in [-0.2, -0.15) is 0 Å². The molecule has 0 bridgehead atoms. The van der Waals surface area contributed by atoms with Crippen LogP contribution >= 0.6 is 0 Å². The van der Waals surface area contributed by atoms with Gasteiger partial charge in [0, 0.05) is 16.8 Å². The summed E-state index contributed by atoms with van der Waals surface area (Å²) in [6, 6.07) is 35.2. The van der Waals surface area contributed by atoms with Crippen molar-refractivity contribution in [3.05, 3.63) is 137 Å². The lowest BCUT2D eigenvalue weighted by Crippen LogP contribution is -2.40. The number of ether oxygens (including phenoxy) is 1. The van der Waals surface area contributed by atoms with Gasteiger partial charge in [-0.05, 0) is 29.3 Å². The van der Waals surface area contributed by atoms with Crippen LogP contribution in [0.25, 0.3) is 0 Å². The summed E-state index contributed by atoms with van der Waals surface area (Å²) in [5, 5.41) is 3.48. The van der Waals surface area contributed by atoms with Crippen LogP contribution in [0.4, 0.5) is 10.1 Å². The van der Waals surface area contributed by atoms with Gasteiger partial charge in [0.25, 0.3) is 0 Å². The fourth-order valence-electron chi connectivity index (χ4n) is 4.08. The number of nitrogens with one attached hydrogen (secondary N) is 1. The molecule has 5 rings (SSSR count). The van der Waals surface area contributed by atoms with Gasteiger partial charge < -0.3 is 10.1 Å². The molecule has 0 unspecified atom stereocenters. The van der Waals surface area contributed by atoms with Crippen molar-refractivity contribution in [1.82, 2.24) is 0 Å². The lowest BCUT2D eigenvalue weighted by atomic mass is 9.78. The monoisotopic (exact) mass is 381 g/mol. The van der Waals surface area contributed by atoms with Crippen LogP contribution in [-0.4, -0.2) is 0 Å². The first-order valence-electron chi connectivity index (χ1n) is 9.68. The topological polar surface area (TPSA) is 21.3 Å². The van der Waals surface area contributed by atoms with E-state index >= 15 is 0 Å². The Morgan fingerprint density at radius 1 is 0.655 bits per heavy atom. The zero-order valence-electron chi connectivity index (χ0n) is 15.8. The van der Waals surface area contributed by atoms with E-state index in [1.54, 1.807) is 12.1 Å². The third-order valence-corrected chi connectivity index (χ3v) is 5.42. The second-order valence-electron chi connectivity index (χ2n) is 7.15. The van der Waals surface area contributed by atoms with Gasteiger partial charge in [0.1, 0.15) is 11.4 Å². The average Bonchev–Trinajstić information content (AvgIpc) is 2.80. The predicted molar refractivity (Wildman–Crippen MR) is 113 cm³/mol. The molecule has 4 aromatic rings. The van der Waals surface area contributed by atoms with E-state index in [-0.39, 0.29) is 5.82 Å². The normalized spacial score (nSPS) is 17.2. The third-order valence-electron chi connectivity index (χ3n) is 5.42. The number of hydrogen-bond donors (Lipinski definition) is 1. The van der Waals surface area contributed by atoms with E-state index in [2.05, 4.69) is 41.7 Å². The van der Waals surface area contributed by atoms with E-state index < -0.39 is 11.8 Å². The van der Waals surface area contributed by atoms with Crippen molar-refractivity contribution < 1.29 is 9.13 Å². The molecule has 0 radical (unpaired) electrons. The second-order valence-corrected chi connectivity index (χ2v) is 7.15. The Labute approximate surface area is 169 Å². The molecule has 1 aliphatic rings. The maximum atomic E-state index is 13.5. The largest absolute Gasteiger partial charge is 0.356 e. The Hall–Kier alpha value is -3.43.